The number of nitrogens with zero attached hydrogens (tertiary/aromatic N) is 1. The Hall–Kier alpha value is -4.07. The van der Waals surface area contributed by atoms with Crippen LogP contribution < -0.4 is 10.4 Å². The number of amides is 1. The number of hydrogen-bond acceptors (Lipinski definition) is 6. The Morgan fingerprint density at radius 1 is 1.20 bits per heavy atom. The Morgan fingerprint density at radius 3 is 2.77 bits per heavy atom. The minimum atomic E-state index is -0.749. The molecule has 2 aromatic heterocycles. The van der Waals surface area contributed by atoms with Gasteiger partial charge in [0.15, 0.2) is 6.61 Å². The summed E-state index contributed by atoms with van der Waals surface area (Å²) in [6, 6.07) is 12.2. The SMILES string of the molecule is CCc1cc(=O)oc2cc(C)cc(OCC(=O)N3Cc4[nH]c5ccccc5c4CC3C(=O)OC)c12. The van der Waals surface area contributed by atoms with Gasteiger partial charge in [0.05, 0.1) is 19.0 Å². The van der Waals surface area contributed by atoms with Crippen LogP contribution in [0.3, 0.4) is 0 Å². The molecule has 1 N–H and O–H groups in total. The van der Waals surface area contributed by atoms with Gasteiger partial charge >= 0.3 is 11.6 Å². The molecule has 0 spiro atoms. The molecule has 4 aromatic rings. The maximum Gasteiger partial charge on any atom is 0.336 e. The molecule has 0 aliphatic carbocycles. The summed E-state index contributed by atoms with van der Waals surface area (Å²) in [5.41, 5.74) is 4.50. The Balaban J connectivity index is 1.45. The Bertz CT molecular complexity index is 1520. The molecule has 8 heteroatoms. The Labute approximate surface area is 201 Å². The van der Waals surface area contributed by atoms with Crippen molar-refractivity contribution >= 4 is 33.7 Å². The second-order valence-corrected chi connectivity index (χ2v) is 8.76. The molecule has 0 saturated carbocycles. The van der Waals surface area contributed by atoms with Crippen molar-refractivity contribution in [2.45, 2.75) is 39.3 Å². The van der Waals surface area contributed by atoms with Crippen LogP contribution in [0, 0.1) is 6.92 Å². The van der Waals surface area contributed by atoms with Crippen molar-refractivity contribution in [2.75, 3.05) is 13.7 Å². The Morgan fingerprint density at radius 2 is 2.00 bits per heavy atom. The lowest BCUT2D eigenvalue weighted by Crippen LogP contribution is -2.50. The van der Waals surface area contributed by atoms with Crippen molar-refractivity contribution in [1.29, 1.82) is 0 Å². The molecule has 5 rings (SSSR count). The molecule has 180 valence electrons. The third-order valence-corrected chi connectivity index (χ3v) is 6.56. The molecule has 8 nitrogen and oxygen atoms in total. The molecular weight excluding hydrogens is 448 g/mol. The quantitative estimate of drug-likeness (QED) is 0.350. The fourth-order valence-corrected chi connectivity index (χ4v) is 4.90. The molecule has 1 amide bonds. The molecule has 0 radical (unpaired) electrons. The largest absolute Gasteiger partial charge is 0.483 e. The fraction of sp³-hybridized carbons (Fsp3) is 0.296. The number of nitrogens with one attached hydrogen (secondary N) is 1. The number of aromatic nitrogens is 1. The van der Waals surface area contributed by atoms with E-state index >= 15 is 0 Å². The second-order valence-electron chi connectivity index (χ2n) is 8.76. The number of para-hydroxylation sites is 1. The van der Waals surface area contributed by atoms with Crippen LogP contribution in [0.4, 0.5) is 0 Å². The topological polar surface area (TPSA) is 102 Å². The number of hydrogen-bond donors (Lipinski definition) is 1. The van der Waals surface area contributed by atoms with Crippen LogP contribution >= 0.6 is 0 Å². The number of benzene rings is 2. The van der Waals surface area contributed by atoms with E-state index in [1.54, 1.807) is 6.07 Å². The zero-order valence-electron chi connectivity index (χ0n) is 19.8. The van der Waals surface area contributed by atoms with Gasteiger partial charge in [0.2, 0.25) is 0 Å². The number of ether oxygens (including phenoxy) is 2. The molecule has 3 heterocycles. The van der Waals surface area contributed by atoms with Crippen molar-refractivity contribution in [2.24, 2.45) is 0 Å². The second kappa shape index (κ2) is 8.94. The van der Waals surface area contributed by atoms with E-state index in [1.165, 1.54) is 18.1 Å². The van der Waals surface area contributed by atoms with Gasteiger partial charge in [-0.2, -0.15) is 0 Å². The zero-order chi connectivity index (χ0) is 24.7. The monoisotopic (exact) mass is 474 g/mol. The van der Waals surface area contributed by atoms with Crippen LogP contribution in [0.1, 0.15) is 29.3 Å². The first-order chi connectivity index (χ1) is 16.9. The third kappa shape index (κ3) is 4.05. The molecule has 1 unspecified atom stereocenters. The van der Waals surface area contributed by atoms with Gasteiger partial charge in [0.25, 0.3) is 5.91 Å². The molecule has 0 fully saturated rings. The standard InChI is InChI=1S/C27H26N2O6/c1-4-16-11-25(31)35-23-10-15(2)9-22(26(16)23)34-14-24(30)29-13-20-18(12-21(29)27(32)33-3)17-7-5-6-8-19(17)28-20/h5-11,21,28H,4,12-14H2,1-3H3. The zero-order valence-corrected chi connectivity index (χ0v) is 19.8. The lowest BCUT2D eigenvalue weighted by atomic mass is 9.96. The van der Waals surface area contributed by atoms with E-state index in [1.807, 2.05) is 44.2 Å². The van der Waals surface area contributed by atoms with Gasteiger partial charge in [-0.25, -0.2) is 9.59 Å². The maximum absolute atomic E-state index is 13.4. The normalized spacial score (nSPS) is 15.3. The van der Waals surface area contributed by atoms with Crippen LogP contribution in [-0.2, 0) is 33.7 Å². The highest BCUT2D eigenvalue weighted by Gasteiger charge is 2.37. The smallest absolute Gasteiger partial charge is 0.336 e. The van der Waals surface area contributed by atoms with E-state index in [-0.39, 0.29) is 19.1 Å². The summed E-state index contributed by atoms with van der Waals surface area (Å²) in [5, 5.41) is 1.71. The number of rotatable bonds is 5. The average Bonchev–Trinajstić information content (AvgIpc) is 3.22. The van der Waals surface area contributed by atoms with Crippen LogP contribution in [-0.4, -0.2) is 41.5 Å². The van der Waals surface area contributed by atoms with E-state index in [0.29, 0.717) is 29.6 Å². The number of fused-ring (bicyclic) bond motifs is 4. The van der Waals surface area contributed by atoms with Gasteiger partial charge in [-0.15, -0.1) is 0 Å². The van der Waals surface area contributed by atoms with E-state index < -0.39 is 17.6 Å². The third-order valence-electron chi connectivity index (χ3n) is 6.56. The van der Waals surface area contributed by atoms with E-state index in [9.17, 15) is 14.4 Å². The number of methoxy groups -OCH3 is 1. The van der Waals surface area contributed by atoms with Crippen LogP contribution in [0.5, 0.6) is 5.75 Å². The lowest BCUT2D eigenvalue weighted by Gasteiger charge is -2.33. The van der Waals surface area contributed by atoms with Crippen molar-refractivity contribution in [1.82, 2.24) is 9.88 Å². The van der Waals surface area contributed by atoms with E-state index in [2.05, 4.69) is 4.98 Å². The average molecular weight is 475 g/mol. The summed E-state index contributed by atoms with van der Waals surface area (Å²) in [6.07, 6.45) is 0.964. The highest BCUT2D eigenvalue weighted by Crippen LogP contribution is 2.32. The molecule has 1 aliphatic rings. The van der Waals surface area contributed by atoms with Gasteiger partial charge in [-0.3, -0.25) is 4.79 Å². The minimum absolute atomic E-state index is 0.246. The first-order valence-electron chi connectivity index (χ1n) is 11.6. The van der Waals surface area contributed by atoms with Crippen molar-refractivity contribution in [3.63, 3.8) is 0 Å². The summed E-state index contributed by atoms with van der Waals surface area (Å²) in [4.78, 5) is 42.8. The molecular formula is C27H26N2O6. The Kier molecular flexibility index (Phi) is 5.80. The maximum atomic E-state index is 13.4. The van der Waals surface area contributed by atoms with Crippen LogP contribution in [0.15, 0.2) is 51.7 Å². The van der Waals surface area contributed by atoms with E-state index in [0.717, 1.165) is 33.3 Å². The number of esters is 1. The highest BCUT2D eigenvalue weighted by molar-refractivity contribution is 5.91. The van der Waals surface area contributed by atoms with Crippen LogP contribution in [0.2, 0.25) is 0 Å². The molecule has 0 saturated heterocycles. The van der Waals surface area contributed by atoms with Gasteiger partial charge in [0.1, 0.15) is 17.4 Å². The first-order valence-corrected chi connectivity index (χ1v) is 11.6. The molecule has 1 aliphatic heterocycles. The number of H-pyrrole nitrogens is 1. The molecule has 1 atom stereocenters. The summed E-state index contributed by atoms with van der Waals surface area (Å²) in [7, 11) is 1.32. The summed E-state index contributed by atoms with van der Waals surface area (Å²) in [5.74, 6) is -0.341. The summed E-state index contributed by atoms with van der Waals surface area (Å²) < 4.78 is 16.4. The highest BCUT2D eigenvalue weighted by atomic mass is 16.5. The number of carbonyl (C=O) groups is 2. The predicted molar refractivity (Wildman–Crippen MR) is 130 cm³/mol. The van der Waals surface area contributed by atoms with Gasteiger partial charge < -0.3 is 23.8 Å². The van der Waals surface area contributed by atoms with Gasteiger partial charge in [0, 0.05) is 29.1 Å². The fourth-order valence-electron chi connectivity index (χ4n) is 4.90. The van der Waals surface area contributed by atoms with Gasteiger partial charge in [-0.1, -0.05) is 25.1 Å². The lowest BCUT2D eigenvalue weighted by molar-refractivity contribution is -0.154. The number of carbonyl (C=O) groups excluding carboxylic acids is 2. The van der Waals surface area contributed by atoms with Crippen molar-refractivity contribution < 1.29 is 23.5 Å². The molecule has 35 heavy (non-hydrogen) atoms. The number of aryl methyl sites for hydroxylation is 2. The first kappa shape index (κ1) is 22.7. The van der Waals surface area contributed by atoms with Crippen LogP contribution in [0.25, 0.3) is 21.9 Å². The van der Waals surface area contributed by atoms with E-state index in [4.69, 9.17) is 13.9 Å². The van der Waals surface area contributed by atoms with Gasteiger partial charge in [-0.05, 0) is 48.2 Å². The summed E-state index contributed by atoms with van der Waals surface area (Å²) >= 11 is 0. The minimum Gasteiger partial charge on any atom is -0.483 e. The van der Waals surface area contributed by atoms with Crippen molar-refractivity contribution in [3.8, 4) is 5.75 Å². The number of aromatic amines is 1. The summed E-state index contributed by atoms with van der Waals surface area (Å²) in [6.45, 7) is 3.78. The predicted octanol–water partition coefficient (Wildman–Crippen LogP) is 3.65. The van der Waals surface area contributed by atoms with Crippen molar-refractivity contribution in [3.05, 3.63) is 75.3 Å². The molecule has 2 aromatic carbocycles. The molecule has 0 bridgehead atoms.